The highest BCUT2D eigenvalue weighted by atomic mass is 32.1. The van der Waals surface area contributed by atoms with E-state index in [1.807, 2.05) is 29.0 Å². The van der Waals surface area contributed by atoms with Crippen LogP contribution in [0, 0.1) is 0 Å². The van der Waals surface area contributed by atoms with Crippen molar-refractivity contribution >= 4 is 34.3 Å². The van der Waals surface area contributed by atoms with Crippen LogP contribution in [-0.2, 0) is 0 Å². The fourth-order valence-corrected chi connectivity index (χ4v) is 4.46. The molecule has 7 heteroatoms. The number of phenolic OH excluding ortho intramolecular Hbond substituents is 1. The van der Waals surface area contributed by atoms with Gasteiger partial charge in [0.1, 0.15) is 0 Å². The van der Waals surface area contributed by atoms with Crippen LogP contribution in [0.2, 0.25) is 0 Å². The summed E-state index contributed by atoms with van der Waals surface area (Å²) in [6.07, 6.45) is 0.540. The fourth-order valence-electron chi connectivity index (χ4n) is 3.00. The Balaban J connectivity index is 1.75. The molecule has 3 aromatic rings. The van der Waals surface area contributed by atoms with E-state index in [0.29, 0.717) is 28.3 Å². The van der Waals surface area contributed by atoms with Crippen molar-refractivity contribution in [2.75, 3.05) is 7.11 Å². The van der Waals surface area contributed by atoms with Crippen molar-refractivity contribution in [3.05, 3.63) is 68.5 Å². The standard InChI is InChI=1S/C19H16N2O3S2/c1-24-15-6-2-5-12(18(15)22)13-11-14(16-7-3-9-25-16)21(20-13)19(23)17-8-4-10-26-17/h2-10,14,22H,11H2,1H3/t14-/m0/s1. The van der Waals surface area contributed by atoms with Crippen LogP contribution in [0.4, 0.5) is 0 Å². The van der Waals surface area contributed by atoms with E-state index in [-0.39, 0.29) is 17.7 Å². The smallest absolute Gasteiger partial charge is 0.284 e. The first-order chi connectivity index (χ1) is 12.7. The summed E-state index contributed by atoms with van der Waals surface area (Å²) >= 11 is 2.99. The molecule has 0 unspecified atom stereocenters. The Labute approximate surface area is 158 Å². The van der Waals surface area contributed by atoms with E-state index in [0.717, 1.165) is 4.88 Å². The molecule has 1 aliphatic heterocycles. The minimum Gasteiger partial charge on any atom is -0.504 e. The molecule has 1 atom stereocenters. The van der Waals surface area contributed by atoms with E-state index in [2.05, 4.69) is 5.10 Å². The average molecular weight is 384 g/mol. The van der Waals surface area contributed by atoms with Gasteiger partial charge in [0.2, 0.25) is 0 Å². The summed E-state index contributed by atoms with van der Waals surface area (Å²) < 4.78 is 5.20. The van der Waals surface area contributed by atoms with Crippen molar-refractivity contribution in [2.45, 2.75) is 12.5 Å². The van der Waals surface area contributed by atoms with Crippen LogP contribution < -0.4 is 4.74 Å². The van der Waals surface area contributed by atoms with E-state index in [4.69, 9.17) is 4.74 Å². The SMILES string of the molecule is COc1cccc(C2=NN(C(=O)c3cccs3)[C@H](c3cccs3)C2)c1O. The number of thiophene rings is 2. The van der Waals surface area contributed by atoms with Crippen LogP contribution in [0.15, 0.2) is 58.3 Å². The highest BCUT2D eigenvalue weighted by Crippen LogP contribution is 2.39. The molecule has 132 valence electrons. The summed E-state index contributed by atoms with van der Waals surface area (Å²) in [5.41, 5.74) is 1.26. The van der Waals surface area contributed by atoms with Gasteiger partial charge in [0.05, 0.1) is 23.7 Å². The number of methoxy groups -OCH3 is 1. The van der Waals surface area contributed by atoms with Crippen LogP contribution in [0.25, 0.3) is 0 Å². The van der Waals surface area contributed by atoms with Crippen molar-refractivity contribution in [1.82, 2.24) is 5.01 Å². The Kier molecular flexibility index (Phi) is 4.48. The lowest BCUT2D eigenvalue weighted by Gasteiger charge is -2.19. The van der Waals surface area contributed by atoms with Gasteiger partial charge >= 0.3 is 0 Å². The second-order valence-electron chi connectivity index (χ2n) is 5.77. The third kappa shape index (κ3) is 2.89. The fraction of sp³-hybridized carbons (Fsp3) is 0.158. The molecule has 4 rings (SSSR count). The second-order valence-corrected chi connectivity index (χ2v) is 7.69. The zero-order chi connectivity index (χ0) is 18.1. The van der Waals surface area contributed by atoms with Crippen molar-refractivity contribution in [1.29, 1.82) is 0 Å². The number of ether oxygens (including phenoxy) is 1. The van der Waals surface area contributed by atoms with E-state index in [1.165, 1.54) is 23.5 Å². The molecule has 0 saturated carbocycles. The van der Waals surface area contributed by atoms with E-state index < -0.39 is 0 Å². The van der Waals surface area contributed by atoms with Crippen LogP contribution in [0.1, 0.15) is 32.6 Å². The normalized spacial score (nSPS) is 16.6. The first-order valence-corrected chi connectivity index (χ1v) is 9.79. The maximum absolute atomic E-state index is 12.9. The summed E-state index contributed by atoms with van der Waals surface area (Å²) in [5, 5.41) is 20.5. The van der Waals surface area contributed by atoms with Gasteiger partial charge in [-0.05, 0) is 35.0 Å². The highest BCUT2D eigenvalue weighted by Gasteiger charge is 2.35. The summed E-state index contributed by atoms with van der Waals surface area (Å²) in [6, 6.07) is 12.7. The van der Waals surface area contributed by atoms with Gasteiger partial charge in [-0.2, -0.15) is 5.10 Å². The van der Waals surface area contributed by atoms with E-state index in [1.54, 1.807) is 35.6 Å². The lowest BCUT2D eigenvalue weighted by atomic mass is 10.0. The van der Waals surface area contributed by atoms with Crippen molar-refractivity contribution in [3.63, 3.8) is 0 Å². The topological polar surface area (TPSA) is 62.1 Å². The largest absolute Gasteiger partial charge is 0.504 e. The van der Waals surface area contributed by atoms with Crippen molar-refractivity contribution < 1.29 is 14.6 Å². The molecule has 1 aromatic carbocycles. The minimum absolute atomic E-state index is 0.0455. The molecule has 1 N–H and O–H groups in total. The van der Waals surface area contributed by atoms with Crippen LogP contribution in [-0.4, -0.2) is 28.8 Å². The van der Waals surface area contributed by atoms with Gasteiger partial charge in [0, 0.05) is 16.9 Å². The molecular weight excluding hydrogens is 368 g/mol. The molecule has 5 nitrogen and oxygen atoms in total. The number of para-hydroxylation sites is 1. The average Bonchev–Trinajstić information content (AvgIpc) is 3.42. The van der Waals surface area contributed by atoms with Gasteiger partial charge < -0.3 is 9.84 Å². The van der Waals surface area contributed by atoms with Crippen molar-refractivity contribution in [2.24, 2.45) is 5.10 Å². The van der Waals surface area contributed by atoms with Gasteiger partial charge in [-0.25, -0.2) is 5.01 Å². The zero-order valence-corrected chi connectivity index (χ0v) is 15.6. The van der Waals surface area contributed by atoms with Gasteiger partial charge in [-0.1, -0.05) is 18.2 Å². The number of hydrogen-bond donors (Lipinski definition) is 1. The summed E-state index contributed by atoms with van der Waals surface area (Å²) in [6.45, 7) is 0. The lowest BCUT2D eigenvalue weighted by Crippen LogP contribution is -2.25. The maximum Gasteiger partial charge on any atom is 0.284 e. The van der Waals surface area contributed by atoms with Gasteiger partial charge in [-0.3, -0.25) is 4.79 Å². The molecule has 0 aliphatic carbocycles. The second kappa shape index (κ2) is 6.93. The molecule has 26 heavy (non-hydrogen) atoms. The number of rotatable bonds is 4. The number of amides is 1. The Hall–Kier alpha value is -2.64. The molecule has 3 heterocycles. The van der Waals surface area contributed by atoms with E-state index in [9.17, 15) is 9.90 Å². The Morgan fingerprint density at radius 3 is 2.69 bits per heavy atom. The summed E-state index contributed by atoms with van der Waals surface area (Å²) in [5.74, 6) is 0.306. The monoisotopic (exact) mass is 384 g/mol. The molecule has 1 aliphatic rings. The Bertz CT molecular complexity index is 949. The predicted molar refractivity (Wildman–Crippen MR) is 103 cm³/mol. The van der Waals surface area contributed by atoms with Gasteiger partial charge in [0.15, 0.2) is 11.5 Å². The number of hydrogen-bond acceptors (Lipinski definition) is 6. The number of hydrazone groups is 1. The molecule has 0 fully saturated rings. The minimum atomic E-state index is -0.176. The first-order valence-electron chi connectivity index (χ1n) is 8.03. The molecule has 0 saturated heterocycles. The van der Waals surface area contributed by atoms with Crippen molar-refractivity contribution in [3.8, 4) is 11.5 Å². The van der Waals surface area contributed by atoms with Crippen LogP contribution in [0.5, 0.6) is 11.5 Å². The van der Waals surface area contributed by atoms with Gasteiger partial charge in [0.25, 0.3) is 5.91 Å². The van der Waals surface area contributed by atoms with E-state index >= 15 is 0 Å². The highest BCUT2D eigenvalue weighted by molar-refractivity contribution is 7.12. The van der Waals surface area contributed by atoms with Crippen LogP contribution in [0.3, 0.4) is 0 Å². The Morgan fingerprint density at radius 2 is 2.00 bits per heavy atom. The quantitative estimate of drug-likeness (QED) is 0.720. The molecule has 0 radical (unpaired) electrons. The zero-order valence-electron chi connectivity index (χ0n) is 14.0. The number of phenols is 1. The molecule has 0 bridgehead atoms. The molecule has 2 aromatic heterocycles. The third-order valence-corrected chi connectivity index (χ3v) is 6.08. The Morgan fingerprint density at radius 1 is 1.19 bits per heavy atom. The number of aromatic hydroxyl groups is 1. The van der Waals surface area contributed by atoms with Crippen LogP contribution >= 0.6 is 22.7 Å². The maximum atomic E-state index is 12.9. The first kappa shape index (κ1) is 16.8. The molecular formula is C19H16N2O3S2. The summed E-state index contributed by atoms with van der Waals surface area (Å²) in [4.78, 5) is 14.7. The lowest BCUT2D eigenvalue weighted by molar-refractivity contribution is 0.0719. The number of benzene rings is 1. The molecule has 1 amide bonds. The number of carbonyl (C=O) groups excluding carboxylic acids is 1. The predicted octanol–water partition coefficient (Wildman–Crippen LogP) is 4.52. The third-order valence-electron chi connectivity index (χ3n) is 4.25. The van der Waals surface area contributed by atoms with Gasteiger partial charge in [-0.15, -0.1) is 22.7 Å². The number of nitrogens with zero attached hydrogens (tertiary/aromatic N) is 2. The summed E-state index contributed by atoms with van der Waals surface area (Å²) in [7, 11) is 1.51. The number of carbonyl (C=O) groups is 1. The molecule has 0 spiro atoms.